The first kappa shape index (κ1) is 16.1. The SMILES string of the molecule is CC(C)CCN(C(=O)c1csc(C#CCCO)c1)C1CC1. The molecule has 1 saturated carbocycles. The highest BCUT2D eigenvalue weighted by Crippen LogP contribution is 2.29. The summed E-state index contributed by atoms with van der Waals surface area (Å²) in [5.74, 6) is 6.64. The monoisotopic (exact) mass is 305 g/mol. The molecule has 0 spiro atoms. The Kier molecular flexibility index (Phi) is 5.84. The molecule has 21 heavy (non-hydrogen) atoms. The summed E-state index contributed by atoms with van der Waals surface area (Å²) in [4.78, 5) is 15.6. The maximum Gasteiger partial charge on any atom is 0.254 e. The van der Waals surface area contributed by atoms with Crippen molar-refractivity contribution in [2.75, 3.05) is 13.2 Å². The van der Waals surface area contributed by atoms with Gasteiger partial charge in [0.15, 0.2) is 0 Å². The van der Waals surface area contributed by atoms with Gasteiger partial charge in [0, 0.05) is 24.4 Å². The molecule has 0 atom stereocenters. The van der Waals surface area contributed by atoms with Gasteiger partial charge in [-0.1, -0.05) is 25.7 Å². The molecule has 1 heterocycles. The Morgan fingerprint density at radius 3 is 2.90 bits per heavy atom. The molecule has 0 aliphatic heterocycles. The van der Waals surface area contributed by atoms with E-state index in [9.17, 15) is 4.79 Å². The number of thiophene rings is 1. The van der Waals surface area contributed by atoms with E-state index in [1.54, 1.807) is 0 Å². The van der Waals surface area contributed by atoms with Crippen molar-refractivity contribution in [2.24, 2.45) is 5.92 Å². The van der Waals surface area contributed by atoms with Crippen LogP contribution in [0, 0.1) is 17.8 Å². The fourth-order valence-corrected chi connectivity index (χ4v) is 2.87. The molecule has 114 valence electrons. The first-order chi connectivity index (χ1) is 10.1. The van der Waals surface area contributed by atoms with Crippen LogP contribution >= 0.6 is 11.3 Å². The van der Waals surface area contributed by atoms with Crippen molar-refractivity contribution >= 4 is 17.2 Å². The maximum absolute atomic E-state index is 12.6. The molecule has 0 bridgehead atoms. The molecule has 1 aliphatic carbocycles. The first-order valence-electron chi connectivity index (χ1n) is 7.61. The lowest BCUT2D eigenvalue weighted by Gasteiger charge is -2.22. The normalized spacial score (nSPS) is 13.9. The van der Waals surface area contributed by atoms with Gasteiger partial charge >= 0.3 is 0 Å². The van der Waals surface area contributed by atoms with Gasteiger partial charge in [-0.25, -0.2) is 0 Å². The smallest absolute Gasteiger partial charge is 0.254 e. The molecule has 1 amide bonds. The number of rotatable bonds is 6. The minimum absolute atomic E-state index is 0.0782. The van der Waals surface area contributed by atoms with Crippen LogP contribution in [0.2, 0.25) is 0 Å². The van der Waals surface area contributed by atoms with E-state index in [4.69, 9.17) is 5.11 Å². The van der Waals surface area contributed by atoms with Crippen LogP contribution in [0.5, 0.6) is 0 Å². The second-order valence-corrected chi connectivity index (χ2v) is 6.80. The number of aliphatic hydroxyl groups is 1. The van der Waals surface area contributed by atoms with Gasteiger partial charge in [-0.3, -0.25) is 4.79 Å². The number of carbonyl (C=O) groups is 1. The molecule has 3 nitrogen and oxygen atoms in total. The summed E-state index contributed by atoms with van der Waals surface area (Å²) in [5, 5.41) is 10.6. The molecular weight excluding hydrogens is 282 g/mol. The lowest BCUT2D eigenvalue weighted by Crippen LogP contribution is -2.34. The van der Waals surface area contributed by atoms with Crippen LogP contribution in [-0.2, 0) is 0 Å². The summed E-state index contributed by atoms with van der Waals surface area (Å²) in [6.07, 6.45) is 3.80. The van der Waals surface area contributed by atoms with Crippen LogP contribution in [0.25, 0.3) is 0 Å². The standard InChI is InChI=1S/C17H23NO2S/c1-13(2)8-9-18(15-6-7-15)17(20)14-11-16(21-12-14)5-3-4-10-19/h11-13,15,19H,4,6-10H2,1-2H3. The van der Waals surface area contributed by atoms with E-state index >= 15 is 0 Å². The van der Waals surface area contributed by atoms with E-state index in [1.807, 2.05) is 16.3 Å². The summed E-state index contributed by atoms with van der Waals surface area (Å²) in [6, 6.07) is 2.32. The van der Waals surface area contributed by atoms with Crippen molar-refractivity contribution in [1.82, 2.24) is 4.90 Å². The predicted octanol–water partition coefficient (Wildman–Crippen LogP) is 3.13. The van der Waals surface area contributed by atoms with E-state index in [0.717, 1.165) is 36.2 Å². The lowest BCUT2D eigenvalue weighted by molar-refractivity contribution is 0.0736. The average Bonchev–Trinajstić information content (AvgIpc) is 3.17. The molecular formula is C17H23NO2S. The molecule has 0 aromatic carbocycles. The fraction of sp³-hybridized carbons (Fsp3) is 0.588. The Morgan fingerprint density at radius 2 is 2.29 bits per heavy atom. The highest BCUT2D eigenvalue weighted by Gasteiger charge is 2.33. The quantitative estimate of drug-likeness (QED) is 0.820. The summed E-state index contributed by atoms with van der Waals surface area (Å²) in [5.41, 5.74) is 0.754. The van der Waals surface area contributed by atoms with Crippen molar-refractivity contribution in [3.8, 4) is 11.8 Å². The van der Waals surface area contributed by atoms with Crippen LogP contribution < -0.4 is 0 Å². The lowest BCUT2D eigenvalue weighted by atomic mass is 10.1. The Labute approximate surface area is 131 Å². The molecule has 0 unspecified atom stereocenters. The average molecular weight is 305 g/mol. The van der Waals surface area contributed by atoms with Crippen LogP contribution in [0.15, 0.2) is 11.4 Å². The molecule has 2 rings (SSSR count). The van der Waals surface area contributed by atoms with Gasteiger partial charge in [0.1, 0.15) is 0 Å². The maximum atomic E-state index is 12.6. The summed E-state index contributed by atoms with van der Waals surface area (Å²) < 4.78 is 0. The van der Waals surface area contributed by atoms with E-state index in [0.29, 0.717) is 18.4 Å². The molecule has 1 aromatic heterocycles. The van der Waals surface area contributed by atoms with Crippen LogP contribution in [0.4, 0.5) is 0 Å². The number of hydrogen-bond donors (Lipinski definition) is 1. The zero-order valence-electron chi connectivity index (χ0n) is 12.8. The van der Waals surface area contributed by atoms with E-state index in [-0.39, 0.29) is 12.5 Å². The zero-order chi connectivity index (χ0) is 15.2. The third kappa shape index (κ3) is 4.87. The molecule has 1 N–H and O–H groups in total. The first-order valence-corrected chi connectivity index (χ1v) is 8.49. The van der Waals surface area contributed by atoms with E-state index in [1.165, 1.54) is 11.3 Å². The number of amides is 1. The van der Waals surface area contributed by atoms with Crippen molar-refractivity contribution in [1.29, 1.82) is 0 Å². The van der Waals surface area contributed by atoms with Gasteiger partial charge in [0.05, 0.1) is 17.0 Å². The van der Waals surface area contributed by atoms with Crippen molar-refractivity contribution in [2.45, 2.75) is 45.6 Å². The Balaban J connectivity index is 2.02. The highest BCUT2D eigenvalue weighted by atomic mass is 32.1. The second-order valence-electron chi connectivity index (χ2n) is 5.89. The van der Waals surface area contributed by atoms with Crippen molar-refractivity contribution in [3.63, 3.8) is 0 Å². The Hall–Kier alpha value is -1.31. The minimum atomic E-state index is 0.0782. The molecule has 0 saturated heterocycles. The number of carbonyl (C=O) groups excluding carboxylic acids is 1. The Bertz CT molecular complexity index is 534. The fourth-order valence-electron chi connectivity index (χ4n) is 2.12. The molecule has 1 aromatic rings. The largest absolute Gasteiger partial charge is 0.395 e. The van der Waals surface area contributed by atoms with Gasteiger partial charge in [-0.15, -0.1) is 11.3 Å². The van der Waals surface area contributed by atoms with Crippen LogP contribution in [-0.4, -0.2) is 35.1 Å². The molecule has 1 aliphatic rings. The van der Waals surface area contributed by atoms with Crippen molar-refractivity contribution in [3.05, 3.63) is 21.9 Å². The summed E-state index contributed by atoms with van der Waals surface area (Å²) in [7, 11) is 0. The van der Waals surface area contributed by atoms with E-state index in [2.05, 4.69) is 25.7 Å². The van der Waals surface area contributed by atoms with Gasteiger partial charge in [-0.2, -0.15) is 0 Å². The molecule has 4 heteroatoms. The van der Waals surface area contributed by atoms with Gasteiger partial charge < -0.3 is 10.0 Å². The molecule has 1 fully saturated rings. The summed E-state index contributed by atoms with van der Waals surface area (Å²) in [6.45, 7) is 5.31. The third-order valence-electron chi connectivity index (χ3n) is 3.49. The minimum Gasteiger partial charge on any atom is -0.395 e. The number of aliphatic hydroxyl groups excluding tert-OH is 1. The second kappa shape index (κ2) is 7.63. The zero-order valence-corrected chi connectivity index (χ0v) is 13.6. The number of nitrogens with zero attached hydrogens (tertiary/aromatic N) is 1. The summed E-state index contributed by atoms with van der Waals surface area (Å²) >= 11 is 1.50. The Morgan fingerprint density at radius 1 is 1.52 bits per heavy atom. The topological polar surface area (TPSA) is 40.5 Å². The van der Waals surface area contributed by atoms with E-state index < -0.39 is 0 Å². The van der Waals surface area contributed by atoms with Gasteiger partial charge in [0.25, 0.3) is 5.91 Å². The van der Waals surface area contributed by atoms with Gasteiger partial charge in [-0.05, 0) is 31.2 Å². The molecule has 0 radical (unpaired) electrons. The third-order valence-corrected chi connectivity index (χ3v) is 4.34. The van der Waals surface area contributed by atoms with Crippen LogP contribution in [0.3, 0.4) is 0 Å². The van der Waals surface area contributed by atoms with Crippen molar-refractivity contribution < 1.29 is 9.90 Å². The predicted molar refractivity (Wildman–Crippen MR) is 86.4 cm³/mol. The van der Waals surface area contributed by atoms with Crippen LogP contribution in [0.1, 0.15) is 54.8 Å². The van der Waals surface area contributed by atoms with Gasteiger partial charge in [0.2, 0.25) is 0 Å². The highest BCUT2D eigenvalue weighted by molar-refractivity contribution is 7.10. The number of hydrogen-bond acceptors (Lipinski definition) is 3.